The SMILES string of the molecule is O=C(Nc1ccccc1OCCc1ccccc1)c1[nH]c2ccccc2c1Br. The zero-order valence-electron chi connectivity index (χ0n) is 15.1. The smallest absolute Gasteiger partial charge is 0.273 e. The van der Waals surface area contributed by atoms with Gasteiger partial charge in [-0.25, -0.2) is 0 Å². The van der Waals surface area contributed by atoms with Crippen molar-refractivity contribution >= 4 is 38.4 Å². The molecule has 3 aromatic carbocycles. The zero-order valence-corrected chi connectivity index (χ0v) is 16.7. The monoisotopic (exact) mass is 434 g/mol. The number of para-hydroxylation sites is 3. The lowest BCUT2D eigenvalue weighted by atomic mass is 10.2. The third kappa shape index (κ3) is 3.94. The van der Waals surface area contributed by atoms with Crippen LogP contribution in [0.2, 0.25) is 0 Å². The van der Waals surface area contributed by atoms with Crippen molar-refractivity contribution in [1.29, 1.82) is 0 Å². The van der Waals surface area contributed by atoms with E-state index in [1.54, 1.807) is 0 Å². The van der Waals surface area contributed by atoms with Crippen molar-refractivity contribution < 1.29 is 9.53 Å². The Kier molecular flexibility index (Phi) is 5.44. The molecule has 140 valence electrons. The van der Waals surface area contributed by atoms with Gasteiger partial charge in [0.15, 0.2) is 0 Å². The summed E-state index contributed by atoms with van der Waals surface area (Å²) in [7, 11) is 0. The lowest BCUT2D eigenvalue weighted by Crippen LogP contribution is -2.14. The van der Waals surface area contributed by atoms with Gasteiger partial charge in [-0.3, -0.25) is 4.79 Å². The van der Waals surface area contributed by atoms with Crippen molar-refractivity contribution in [3.05, 3.63) is 94.6 Å². The molecular formula is C23H19BrN2O2. The topological polar surface area (TPSA) is 54.1 Å². The molecule has 0 spiro atoms. The van der Waals surface area contributed by atoms with Gasteiger partial charge in [0.05, 0.1) is 16.8 Å². The van der Waals surface area contributed by atoms with Gasteiger partial charge in [0.25, 0.3) is 5.91 Å². The third-order valence-electron chi connectivity index (χ3n) is 4.50. The summed E-state index contributed by atoms with van der Waals surface area (Å²) in [5.74, 6) is 0.432. The van der Waals surface area contributed by atoms with Gasteiger partial charge in [-0.1, -0.05) is 60.7 Å². The number of nitrogens with one attached hydrogen (secondary N) is 2. The molecule has 0 radical (unpaired) electrons. The number of ether oxygens (including phenoxy) is 1. The molecule has 0 aliphatic heterocycles. The normalized spacial score (nSPS) is 10.8. The van der Waals surface area contributed by atoms with Crippen LogP contribution in [-0.2, 0) is 6.42 Å². The Morgan fingerprint density at radius 2 is 1.64 bits per heavy atom. The highest BCUT2D eigenvalue weighted by Crippen LogP contribution is 2.30. The molecule has 1 heterocycles. The van der Waals surface area contributed by atoms with Gasteiger partial charge in [0.2, 0.25) is 0 Å². The van der Waals surface area contributed by atoms with Crippen LogP contribution < -0.4 is 10.1 Å². The quantitative estimate of drug-likeness (QED) is 0.402. The van der Waals surface area contributed by atoms with Crippen LogP contribution in [0.4, 0.5) is 5.69 Å². The fourth-order valence-electron chi connectivity index (χ4n) is 3.07. The van der Waals surface area contributed by atoms with Crippen LogP contribution >= 0.6 is 15.9 Å². The number of fused-ring (bicyclic) bond motifs is 1. The minimum Gasteiger partial charge on any atom is -0.491 e. The number of hydrogen-bond acceptors (Lipinski definition) is 2. The predicted octanol–water partition coefficient (Wildman–Crippen LogP) is 5.80. The van der Waals surface area contributed by atoms with Crippen LogP contribution in [0.3, 0.4) is 0 Å². The molecule has 1 aromatic heterocycles. The maximum Gasteiger partial charge on any atom is 0.273 e. The van der Waals surface area contributed by atoms with Crippen molar-refractivity contribution in [2.45, 2.75) is 6.42 Å². The molecule has 5 heteroatoms. The van der Waals surface area contributed by atoms with E-state index < -0.39 is 0 Å². The van der Waals surface area contributed by atoms with E-state index in [0.717, 1.165) is 21.8 Å². The number of aromatic amines is 1. The average molecular weight is 435 g/mol. The molecule has 4 nitrogen and oxygen atoms in total. The van der Waals surface area contributed by atoms with E-state index in [1.165, 1.54) is 5.56 Å². The number of H-pyrrole nitrogens is 1. The van der Waals surface area contributed by atoms with E-state index >= 15 is 0 Å². The summed E-state index contributed by atoms with van der Waals surface area (Å²) in [4.78, 5) is 16.0. The fourth-order valence-corrected chi connectivity index (χ4v) is 3.69. The van der Waals surface area contributed by atoms with E-state index in [9.17, 15) is 4.79 Å². The second kappa shape index (κ2) is 8.31. The van der Waals surface area contributed by atoms with Gasteiger partial charge in [0.1, 0.15) is 11.4 Å². The number of halogens is 1. The Bertz CT molecular complexity index is 1110. The molecule has 0 fully saturated rings. The van der Waals surface area contributed by atoms with Gasteiger partial charge in [0, 0.05) is 17.3 Å². The maximum absolute atomic E-state index is 12.8. The van der Waals surface area contributed by atoms with Crippen molar-refractivity contribution in [2.75, 3.05) is 11.9 Å². The molecular weight excluding hydrogens is 416 g/mol. The highest BCUT2D eigenvalue weighted by atomic mass is 79.9. The Hall–Kier alpha value is -3.05. The summed E-state index contributed by atoms with van der Waals surface area (Å²) < 4.78 is 6.68. The largest absolute Gasteiger partial charge is 0.491 e. The number of amides is 1. The average Bonchev–Trinajstić information content (AvgIpc) is 3.07. The third-order valence-corrected chi connectivity index (χ3v) is 5.32. The van der Waals surface area contributed by atoms with Gasteiger partial charge >= 0.3 is 0 Å². The Morgan fingerprint density at radius 3 is 2.46 bits per heavy atom. The molecule has 28 heavy (non-hydrogen) atoms. The molecule has 2 N–H and O–H groups in total. The van der Waals surface area contributed by atoms with Gasteiger partial charge in [-0.05, 0) is 39.7 Å². The summed E-state index contributed by atoms with van der Waals surface area (Å²) in [6.07, 6.45) is 0.802. The lowest BCUT2D eigenvalue weighted by molar-refractivity contribution is 0.102. The molecule has 0 aliphatic rings. The van der Waals surface area contributed by atoms with Gasteiger partial charge in [-0.15, -0.1) is 0 Å². The summed E-state index contributed by atoms with van der Waals surface area (Å²) in [5, 5.41) is 3.92. The Morgan fingerprint density at radius 1 is 0.929 bits per heavy atom. The Balaban J connectivity index is 1.48. The molecule has 0 atom stereocenters. The number of hydrogen-bond donors (Lipinski definition) is 2. The molecule has 0 bridgehead atoms. The van der Waals surface area contributed by atoms with Crippen LogP contribution in [-0.4, -0.2) is 17.5 Å². The second-order valence-corrected chi connectivity index (χ2v) is 7.19. The standard InChI is InChI=1S/C23H19BrN2O2/c24-21-17-10-4-5-11-18(17)25-22(21)23(27)26-19-12-6-7-13-20(19)28-15-14-16-8-2-1-3-9-16/h1-13,25H,14-15H2,(H,26,27). The van der Waals surface area contributed by atoms with Crippen LogP contribution in [0.15, 0.2) is 83.3 Å². The van der Waals surface area contributed by atoms with Crippen molar-refractivity contribution in [2.24, 2.45) is 0 Å². The summed E-state index contributed by atoms with van der Waals surface area (Å²) in [5.41, 5.74) is 3.25. The van der Waals surface area contributed by atoms with Gasteiger partial charge < -0.3 is 15.0 Å². The predicted molar refractivity (Wildman–Crippen MR) is 116 cm³/mol. The number of carbonyl (C=O) groups excluding carboxylic acids is 1. The first-order valence-corrected chi connectivity index (χ1v) is 9.85. The number of carbonyl (C=O) groups is 1. The van der Waals surface area contributed by atoms with E-state index in [0.29, 0.717) is 23.7 Å². The molecule has 0 saturated heterocycles. The van der Waals surface area contributed by atoms with Crippen molar-refractivity contribution in [1.82, 2.24) is 4.98 Å². The molecule has 0 saturated carbocycles. The Labute approximate surface area is 171 Å². The number of rotatable bonds is 6. The van der Waals surface area contributed by atoms with E-state index in [4.69, 9.17) is 4.74 Å². The first kappa shape index (κ1) is 18.3. The number of anilines is 1. The summed E-state index contributed by atoms with van der Waals surface area (Å²) in [6.45, 7) is 0.535. The number of benzene rings is 3. The number of aromatic nitrogens is 1. The van der Waals surface area contributed by atoms with E-state index in [1.807, 2.05) is 66.7 Å². The first-order valence-electron chi connectivity index (χ1n) is 9.05. The van der Waals surface area contributed by atoms with Crippen LogP contribution in [0, 0.1) is 0 Å². The lowest BCUT2D eigenvalue weighted by Gasteiger charge is -2.12. The van der Waals surface area contributed by atoms with Crippen molar-refractivity contribution in [3.63, 3.8) is 0 Å². The molecule has 4 rings (SSSR count). The molecule has 1 amide bonds. The van der Waals surface area contributed by atoms with Crippen LogP contribution in [0.5, 0.6) is 5.75 Å². The first-order chi connectivity index (χ1) is 13.7. The van der Waals surface area contributed by atoms with E-state index in [-0.39, 0.29) is 5.91 Å². The molecule has 4 aromatic rings. The van der Waals surface area contributed by atoms with Crippen molar-refractivity contribution in [3.8, 4) is 5.75 Å². The minimum absolute atomic E-state index is 0.220. The summed E-state index contributed by atoms with van der Waals surface area (Å²) >= 11 is 3.53. The highest BCUT2D eigenvalue weighted by Gasteiger charge is 2.17. The van der Waals surface area contributed by atoms with Crippen LogP contribution in [0.25, 0.3) is 10.9 Å². The zero-order chi connectivity index (χ0) is 19.3. The molecule has 0 unspecified atom stereocenters. The fraction of sp³-hybridized carbons (Fsp3) is 0.0870. The second-order valence-electron chi connectivity index (χ2n) is 6.39. The van der Waals surface area contributed by atoms with E-state index in [2.05, 4.69) is 38.4 Å². The maximum atomic E-state index is 12.8. The molecule has 0 aliphatic carbocycles. The minimum atomic E-state index is -0.220. The van der Waals surface area contributed by atoms with Crippen LogP contribution in [0.1, 0.15) is 16.1 Å². The summed E-state index contributed by atoms with van der Waals surface area (Å²) in [6, 6.07) is 25.4. The highest BCUT2D eigenvalue weighted by molar-refractivity contribution is 9.10. The van der Waals surface area contributed by atoms with Gasteiger partial charge in [-0.2, -0.15) is 0 Å².